The van der Waals surface area contributed by atoms with Gasteiger partial charge in [0.05, 0.1) is 26.2 Å². The average Bonchev–Trinajstić information content (AvgIpc) is 3.25. The number of thioether (sulfide) groups is 1. The highest BCUT2D eigenvalue weighted by Gasteiger charge is 2.40. The van der Waals surface area contributed by atoms with Crippen molar-refractivity contribution < 1.29 is 14.3 Å². The van der Waals surface area contributed by atoms with E-state index in [9.17, 15) is 4.79 Å². The van der Waals surface area contributed by atoms with E-state index in [1.165, 1.54) is 31.3 Å². The van der Waals surface area contributed by atoms with Crippen LogP contribution >= 0.6 is 11.8 Å². The first-order chi connectivity index (χ1) is 13.1. The minimum absolute atomic E-state index is 0.0916. The lowest BCUT2D eigenvalue weighted by molar-refractivity contribution is -0.135. The summed E-state index contributed by atoms with van der Waals surface area (Å²) in [5.41, 5.74) is 2.23. The predicted octanol–water partition coefficient (Wildman–Crippen LogP) is 3.87. The Kier molecular flexibility index (Phi) is 4.53. The van der Waals surface area contributed by atoms with E-state index in [-0.39, 0.29) is 5.50 Å². The number of carbonyl (C=O) groups excluding carboxylic acids is 1. The first-order valence-corrected chi connectivity index (χ1v) is 9.31. The van der Waals surface area contributed by atoms with Crippen molar-refractivity contribution in [2.45, 2.75) is 12.4 Å². The second-order valence-electron chi connectivity index (χ2n) is 6.13. The van der Waals surface area contributed by atoms with Crippen LogP contribution in [0.25, 0.3) is 10.8 Å². The maximum atomic E-state index is 12.2. The molecule has 4 rings (SSSR count). The fraction of sp³-hybridized carbons (Fsp3) is 0.200. The molecule has 2 aromatic rings. The predicted molar refractivity (Wildman–Crippen MR) is 108 cm³/mol. The molecule has 0 fully saturated rings. The van der Waals surface area contributed by atoms with Crippen LogP contribution in [0.1, 0.15) is 6.92 Å². The molecule has 0 spiro atoms. The summed E-state index contributed by atoms with van der Waals surface area (Å²) in [6.07, 6.45) is 3.24. The van der Waals surface area contributed by atoms with Crippen LogP contribution < -0.4 is 4.90 Å². The van der Waals surface area contributed by atoms with Gasteiger partial charge in [0.1, 0.15) is 11.9 Å². The van der Waals surface area contributed by atoms with E-state index in [4.69, 9.17) is 9.47 Å². The molecule has 0 radical (unpaired) electrons. The first-order valence-electron chi connectivity index (χ1n) is 8.43. The molecule has 1 unspecified atom stereocenters. The van der Waals surface area contributed by atoms with Crippen LogP contribution in [0.15, 0.2) is 70.0 Å². The van der Waals surface area contributed by atoms with Gasteiger partial charge in [-0.1, -0.05) is 42.1 Å². The molecule has 2 aliphatic rings. The summed E-state index contributed by atoms with van der Waals surface area (Å²) >= 11 is 1.55. The van der Waals surface area contributed by atoms with Crippen molar-refractivity contribution in [3.05, 3.63) is 64.9 Å². The van der Waals surface area contributed by atoms with Gasteiger partial charge in [0.25, 0.3) is 0 Å². The van der Waals surface area contributed by atoms with Gasteiger partial charge >= 0.3 is 5.97 Å². The highest BCUT2D eigenvalue weighted by atomic mass is 32.2. The molecule has 0 amide bonds. The number of fused-ring (bicyclic) bond motifs is 2. The fourth-order valence-corrected chi connectivity index (χ4v) is 4.54. The second-order valence-corrected chi connectivity index (χ2v) is 7.20. The van der Waals surface area contributed by atoms with E-state index >= 15 is 0 Å². The molecule has 27 heavy (non-hydrogen) atoms. The minimum Gasteiger partial charge on any atom is -0.503 e. The summed E-state index contributed by atoms with van der Waals surface area (Å²) in [6.45, 7) is 1.94. The molecule has 0 aliphatic carbocycles. The zero-order chi connectivity index (χ0) is 19.0. The van der Waals surface area contributed by atoms with E-state index in [1.54, 1.807) is 11.8 Å². The zero-order valence-corrected chi connectivity index (χ0v) is 16.1. The molecule has 2 heterocycles. The molecule has 2 aliphatic heterocycles. The Labute approximate surface area is 161 Å². The fourth-order valence-electron chi connectivity index (χ4n) is 3.21. The molecule has 0 N–H and O–H groups in total. The lowest BCUT2D eigenvalue weighted by Gasteiger charge is -2.24. The Bertz CT molecular complexity index is 999. The van der Waals surface area contributed by atoms with Gasteiger partial charge in [0.15, 0.2) is 5.50 Å². The molecule has 0 aromatic heterocycles. The number of anilines is 1. The van der Waals surface area contributed by atoms with Crippen molar-refractivity contribution in [1.29, 1.82) is 0 Å². The highest BCUT2D eigenvalue weighted by Crippen LogP contribution is 2.46. The number of rotatable bonds is 4. The molecular weight excluding hydrogens is 362 g/mol. The number of hydrogen-bond acceptors (Lipinski definition) is 7. The topological polar surface area (TPSA) is 54.4 Å². The van der Waals surface area contributed by atoms with E-state index in [0.717, 1.165) is 16.3 Å². The lowest BCUT2D eigenvalue weighted by Crippen LogP contribution is -2.33. The van der Waals surface area contributed by atoms with Crippen LogP contribution in [0.4, 0.5) is 5.69 Å². The standard InChI is InChI=1S/C20H19N3O3S/c1-13-18(17(11-25-2)19(24)26-3)27-20-22(12-21-23(13)20)16-9-8-14-6-4-5-7-15(14)10-16/h4-12,20H,1-3H3/b17-11+. The SMILES string of the molecule is CO/C=C(/C(=O)OC)C1=C(C)N2N=CN(c3ccc4ccccc4c3)C2S1. The van der Waals surface area contributed by atoms with Gasteiger partial charge in [-0.15, -0.1) is 0 Å². The largest absolute Gasteiger partial charge is 0.503 e. The average molecular weight is 381 g/mol. The van der Waals surface area contributed by atoms with Gasteiger partial charge in [-0.2, -0.15) is 5.10 Å². The Morgan fingerprint density at radius 3 is 2.70 bits per heavy atom. The normalized spacial score (nSPS) is 19.1. The number of methoxy groups -OCH3 is 2. The number of nitrogens with zero attached hydrogens (tertiary/aromatic N) is 3. The molecule has 1 atom stereocenters. The molecule has 6 nitrogen and oxygen atoms in total. The number of benzene rings is 2. The first kappa shape index (κ1) is 17.5. The van der Waals surface area contributed by atoms with Gasteiger partial charge in [-0.25, -0.2) is 9.80 Å². The Balaban J connectivity index is 1.66. The van der Waals surface area contributed by atoms with Gasteiger partial charge in [0, 0.05) is 10.6 Å². The van der Waals surface area contributed by atoms with Crippen LogP contribution in [-0.4, -0.2) is 37.0 Å². The van der Waals surface area contributed by atoms with Crippen molar-refractivity contribution in [2.24, 2.45) is 5.10 Å². The number of carbonyl (C=O) groups is 1. The monoisotopic (exact) mass is 381 g/mol. The van der Waals surface area contributed by atoms with Gasteiger partial charge in [-0.05, 0) is 29.8 Å². The summed E-state index contributed by atoms with van der Waals surface area (Å²) in [6, 6.07) is 14.6. The third kappa shape index (κ3) is 2.94. The number of esters is 1. The summed E-state index contributed by atoms with van der Waals surface area (Å²) in [7, 11) is 2.88. The van der Waals surface area contributed by atoms with Crippen LogP contribution in [0.3, 0.4) is 0 Å². The quantitative estimate of drug-likeness (QED) is 0.455. The molecule has 0 saturated carbocycles. The summed E-state index contributed by atoms with van der Waals surface area (Å²) in [5.74, 6) is -0.430. The van der Waals surface area contributed by atoms with Gasteiger partial charge in [0.2, 0.25) is 0 Å². The molecule has 0 bridgehead atoms. The van der Waals surface area contributed by atoms with Crippen molar-refractivity contribution in [3.8, 4) is 0 Å². The summed E-state index contributed by atoms with van der Waals surface area (Å²) < 4.78 is 9.99. The smallest absolute Gasteiger partial charge is 0.342 e. The molecule has 2 aromatic carbocycles. The van der Waals surface area contributed by atoms with Crippen molar-refractivity contribution in [2.75, 3.05) is 19.1 Å². The third-order valence-corrected chi connectivity index (χ3v) is 5.95. The second kappa shape index (κ2) is 7.00. The Hall–Kier alpha value is -2.93. The summed E-state index contributed by atoms with van der Waals surface area (Å²) in [4.78, 5) is 15.1. The molecule has 0 saturated heterocycles. The molecule has 138 valence electrons. The minimum atomic E-state index is -0.430. The van der Waals surface area contributed by atoms with E-state index in [0.29, 0.717) is 5.57 Å². The van der Waals surface area contributed by atoms with E-state index in [2.05, 4.69) is 40.3 Å². The van der Waals surface area contributed by atoms with Gasteiger partial charge < -0.3 is 9.47 Å². The van der Waals surface area contributed by atoms with Crippen molar-refractivity contribution in [3.63, 3.8) is 0 Å². The number of hydrogen-bond donors (Lipinski definition) is 0. The van der Waals surface area contributed by atoms with Crippen LogP contribution in [0, 0.1) is 0 Å². The maximum absolute atomic E-state index is 12.2. The van der Waals surface area contributed by atoms with Crippen LogP contribution in [0.5, 0.6) is 0 Å². The van der Waals surface area contributed by atoms with Gasteiger partial charge in [-0.3, -0.25) is 4.90 Å². The number of hydrazone groups is 1. The van der Waals surface area contributed by atoms with E-state index in [1.807, 2.05) is 30.4 Å². The van der Waals surface area contributed by atoms with Crippen LogP contribution in [0.2, 0.25) is 0 Å². The Morgan fingerprint density at radius 1 is 1.19 bits per heavy atom. The highest BCUT2D eigenvalue weighted by molar-refractivity contribution is 8.04. The molecule has 7 heteroatoms. The number of ether oxygens (including phenoxy) is 2. The number of allylic oxidation sites excluding steroid dienone is 1. The van der Waals surface area contributed by atoms with Crippen molar-refractivity contribution >= 4 is 40.5 Å². The summed E-state index contributed by atoms with van der Waals surface area (Å²) in [5, 5.41) is 8.80. The van der Waals surface area contributed by atoms with E-state index < -0.39 is 5.97 Å². The van der Waals surface area contributed by atoms with Crippen LogP contribution in [-0.2, 0) is 14.3 Å². The zero-order valence-electron chi connectivity index (χ0n) is 15.2. The van der Waals surface area contributed by atoms with Crippen molar-refractivity contribution in [1.82, 2.24) is 5.01 Å². The third-order valence-electron chi connectivity index (χ3n) is 4.56. The maximum Gasteiger partial charge on any atom is 0.342 e. The lowest BCUT2D eigenvalue weighted by atomic mass is 10.1. The Morgan fingerprint density at radius 2 is 1.96 bits per heavy atom. The molecular formula is C20H19N3O3S.